The minimum atomic E-state index is -0.324. The number of benzene rings is 1. The van der Waals surface area contributed by atoms with Crippen LogP contribution in [-0.2, 0) is 4.79 Å². The van der Waals surface area contributed by atoms with Crippen molar-refractivity contribution in [3.8, 4) is 0 Å². The maximum absolute atomic E-state index is 12.6. The van der Waals surface area contributed by atoms with Crippen LogP contribution in [0.25, 0.3) is 0 Å². The fourth-order valence-corrected chi connectivity index (χ4v) is 1.21. The maximum atomic E-state index is 12.6. The molecule has 0 aliphatic carbocycles. The Kier molecular flexibility index (Phi) is 4.24. The van der Waals surface area contributed by atoms with Gasteiger partial charge in [-0.05, 0) is 30.7 Å². The molecular formula is C11H14FNO2. The number of hydrogen-bond donors (Lipinski definition) is 1. The van der Waals surface area contributed by atoms with Crippen molar-refractivity contribution in [2.24, 2.45) is 0 Å². The van der Waals surface area contributed by atoms with Crippen molar-refractivity contribution in [1.29, 1.82) is 0 Å². The first kappa shape index (κ1) is 11.7. The van der Waals surface area contributed by atoms with Crippen LogP contribution in [0.5, 0.6) is 0 Å². The summed E-state index contributed by atoms with van der Waals surface area (Å²) in [6, 6.07) is 5.72. The summed E-state index contributed by atoms with van der Waals surface area (Å²) in [5, 5.41) is 8.58. The van der Waals surface area contributed by atoms with E-state index < -0.39 is 0 Å². The number of aliphatic hydroxyl groups is 1. The summed E-state index contributed by atoms with van der Waals surface area (Å²) in [6.07, 6.45) is 0.745. The average molecular weight is 211 g/mol. The first-order chi connectivity index (χ1) is 7.15. The summed E-state index contributed by atoms with van der Waals surface area (Å²) >= 11 is 0. The fraction of sp³-hybridized carbons (Fsp3) is 0.364. The number of hydrogen-bond acceptors (Lipinski definition) is 2. The smallest absolute Gasteiger partial charge is 0.226 e. The molecule has 0 atom stereocenters. The van der Waals surface area contributed by atoms with Gasteiger partial charge in [-0.1, -0.05) is 0 Å². The lowest BCUT2D eigenvalue weighted by Crippen LogP contribution is -2.26. The molecule has 0 radical (unpaired) electrons. The van der Waals surface area contributed by atoms with Gasteiger partial charge in [0.2, 0.25) is 5.91 Å². The Hall–Kier alpha value is -1.42. The van der Waals surface area contributed by atoms with Crippen molar-refractivity contribution in [2.45, 2.75) is 12.8 Å². The van der Waals surface area contributed by atoms with Gasteiger partial charge < -0.3 is 10.0 Å². The number of halogens is 1. The molecule has 0 fully saturated rings. The first-order valence-corrected chi connectivity index (χ1v) is 4.78. The lowest BCUT2D eigenvalue weighted by molar-refractivity contribution is -0.118. The highest BCUT2D eigenvalue weighted by Crippen LogP contribution is 2.14. The highest BCUT2D eigenvalue weighted by Gasteiger charge is 2.09. The average Bonchev–Trinajstić information content (AvgIpc) is 2.26. The van der Waals surface area contributed by atoms with Crippen molar-refractivity contribution < 1.29 is 14.3 Å². The van der Waals surface area contributed by atoms with Gasteiger partial charge in [0.05, 0.1) is 0 Å². The fourth-order valence-electron chi connectivity index (χ4n) is 1.21. The minimum Gasteiger partial charge on any atom is -0.396 e. The molecule has 0 aliphatic heterocycles. The molecule has 3 nitrogen and oxygen atoms in total. The summed E-state index contributed by atoms with van der Waals surface area (Å²) in [5.41, 5.74) is 0.652. The second kappa shape index (κ2) is 5.46. The van der Waals surface area contributed by atoms with Gasteiger partial charge in [-0.2, -0.15) is 0 Å². The Morgan fingerprint density at radius 2 is 2.00 bits per heavy atom. The molecule has 0 unspecified atom stereocenters. The van der Waals surface area contributed by atoms with E-state index in [-0.39, 0.29) is 18.3 Å². The van der Waals surface area contributed by atoms with Crippen molar-refractivity contribution >= 4 is 11.6 Å². The number of aliphatic hydroxyl groups excluding tert-OH is 1. The maximum Gasteiger partial charge on any atom is 0.226 e. The first-order valence-electron chi connectivity index (χ1n) is 4.78. The van der Waals surface area contributed by atoms with Gasteiger partial charge in [-0.15, -0.1) is 0 Å². The van der Waals surface area contributed by atoms with E-state index in [1.54, 1.807) is 19.2 Å². The molecule has 0 spiro atoms. The third-order valence-corrected chi connectivity index (χ3v) is 2.14. The Labute approximate surface area is 88.1 Å². The van der Waals surface area contributed by atoms with Crippen molar-refractivity contribution in [2.75, 3.05) is 18.6 Å². The summed E-state index contributed by atoms with van der Waals surface area (Å²) in [6.45, 7) is 0.00297. The molecule has 82 valence electrons. The SMILES string of the molecule is CN(C(=O)CCCO)c1ccc(F)cc1. The van der Waals surface area contributed by atoms with Crippen LogP contribution in [0.2, 0.25) is 0 Å². The zero-order chi connectivity index (χ0) is 11.3. The van der Waals surface area contributed by atoms with Gasteiger partial charge in [0, 0.05) is 25.8 Å². The van der Waals surface area contributed by atoms with E-state index in [0.717, 1.165) is 0 Å². The quantitative estimate of drug-likeness (QED) is 0.821. The lowest BCUT2D eigenvalue weighted by Gasteiger charge is -2.16. The molecule has 0 saturated heterocycles. The molecule has 0 aliphatic rings. The van der Waals surface area contributed by atoms with E-state index in [0.29, 0.717) is 18.5 Å². The molecule has 1 aromatic carbocycles. The van der Waals surface area contributed by atoms with Crippen LogP contribution < -0.4 is 4.90 Å². The van der Waals surface area contributed by atoms with Gasteiger partial charge in [0.15, 0.2) is 0 Å². The molecule has 1 amide bonds. The Morgan fingerprint density at radius 3 is 2.53 bits per heavy atom. The van der Waals surface area contributed by atoms with E-state index in [9.17, 15) is 9.18 Å². The molecule has 1 N–H and O–H groups in total. The summed E-state index contributed by atoms with van der Waals surface area (Å²) in [5.74, 6) is -0.411. The molecule has 1 rings (SSSR count). The van der Waals surface area contributed by atoms with Gasteiger partial charge in [-0.25, -0.2) is 4.39 Å². The number of rotatable bonds is 4. The molecule has 1 aromatic rings. The van der Waals surface area contributed by atoms with Gasteiger partial charge in [0.25, 0.3) is 0 Å². The van der Waals surface area contributed by atoms with Gasteiger partial charge in [0.1, 0.15) is 5.82 Å². The highest BCUT2D eigenvalue weighted by atomic mass is 19.1. The number of anilines is 1. The van der Waals surface area contributed by atoms with Crippen molar-refractivity contribution in [3.05, 3.63) is 30.1 Å². The minimum absolute atomic E-state index is 0.00297. The van der Waals surface area contributed by atoms with E-state index in [1.165, 1.54) is 17.0 Å². The zero-order valence-corrected chi connectivity index (χ0v) is 8.61. The van der Waals surface area contributed by atoms with Crippen LogP contribution in [0, 0.1) is 5.82 Å². The predicted molar refractivity (Wildman–Crippen MR) is 56.1 cm³/mol. The van der Waals surface area contributed by atoms with E-state index in [2.05, 4.69) is 0 Å². The summed E-state index contributed by atoms with van der Waals surface area (Å²) < 4.78 is 12.6. The van der Waals surface area contributed by atoms with Crippen molar-refractivity contribution in [3.63, 3.8) is 0 Å². The molecule has 0 saturated carbocycles. The van der Waals surface area contributed by atoms with Gasteiger partial charge >= 0.3 is 0 Å². The van der Waals surface area contributed by atoms with E-state index in [4.69, 9.17) is 5.11 Å². The third-order valence-electron chi connectivity index (χ3n) is 2.14. The summed E-state index contributed by atoms with van der Waals surface area (Å²) in [4.78, 5) is 13.0. The predicted octanol–water partition coefficient (Wildman–Crippen LogP) is 1.56. The Morgan fingerprint density at radius 1 is 1.40 bits per heavy atom. The largest absolute Gasteiger partial charge is 0.396 e. The van der Waals surface area contributed by atoms with E-state index in [1.807, 2.05) is 0 Å². The second-order valence-corrected chi connectivity index (χ2v) is 3.26. The highest BCUT2D eigenvalue weighted by molar-refractivity contribution is 5.92. The number of carbonyl (C=O) groups excluding carboxylic acids is 1. The van der Waals surface area contributed by atoms with Gasteiger partial charge in [-0.3, -0.25) is 4.79 Å². The molecule has 4 heteroatoms. The molecule has 15 heavy (non-hydrogen) atoms. The number of nitrogens with zero attached hydrogens (tertiary/aromatic N) is 1. The zero-order valence-electron chi connectivity index (χ0n) is 8.61. The van der Waals surface area contributed by atoms with Crippen molar-refractivity contribution in [1.82, 2.24) is 0 Å². The van der Waals surface area contributed by atoms with Crippen LogP contribution >= 0.6 is 0 Å². The second-order valence-electron chi connectivity index (χ2n) is 3.26. The third kappa shape index (κ3) is 3.32. The number of amides is 1. The molecular weight excluding hydrogens is 197 g/mol. The number of carbonyl (C=O) groups is 1. The van der Waals surface area contributed by atoms with Crippen LogP contribution in [0.15, 0.2) is 24.3 Å². The molecule has 0 heterocycles. The Balaban J connectivity index is 2.63. The monoisotopic (exact) mass is 211 g/mol. The Bertz CT molecular complexity index is 324. The normalized spacial score (nSPS) is 10.1. The van der Waals surface area contributed by atoms with Crippen LogP contribution in [-0.4, -0.2) is 24.7 Å². The van der Waals surface area contributed by atoms with Crippen LogP contribution in [0.3, 0.4) is 0 Å². The molecule has 0 aromatic heterocycles. The standard InChI is InChI=1S/C11H14FNO2/c1-13(11(15)3-2-8-14)10-6-4-9(12)5-7-10/h4-7,14H,2-3,8H2,1H3. The van der Waals surface area contributed by atoms with Crippen LogP contribution in [0.4, 0.5) is 10.1 Å². The van der Waals surface area contributed by atoms with Crippen LogP contribution in [0.1, 0.15) is 12.8 Å². The molecule has 0 bridgehead atoms. The topological polar surface area (TPSA) is 40.5 Å². The van der Waals surface area contributed by atoms with E-state index >= 15 is 0 Å². The lowest BCUT2D eigenvalue weighted by atomic mass is 10.2. The summed E-state index contributed by atoms with van der Waals surface area (Å²) in [7, 11) is 1.63.